The van der Waals surface area contributed by atoms with Gasteiger partial charge in [0.1, 0.15) is 13.2 Å². The molecule has 3 atom stereocenters. The maximum Gasteiger partial charge on any atom is 0.472 e. The molecule has 0 saturated carbocycles. The van der Waals surface area contributed by atoms with Crippen molar-refractivity contribution >= 4 is 13.7 Å². The summed E-state index contributed by atoms with van der Waals surface area (Å²) in [7, 11) is 1.62. The number of likely N-dealkylation sites (N-methyl/N-ethyl adjacent to an activating group) is 1. The molecule has 8 nitrogen and oxygen atoms in total. The van der Waals surface area contributed by atoms with Crippen molar-refractivity contribution in [3.63, 3.8) is 0 Å². The van der Waals surface area contributed by atoms with Crippen LogP contribution >= 0.6 is 7.82 Å². The van der Waals surface area contributed by atoms with Gasteiger partial charge in [0.25, 0.3) is 0 Å². The second kappa shape index (κ2) is 39.0. The van der Waals surface area contributed by atoms with Gasteiger partial charge in [0.2, 0.25) is 5.91 Å². The third-order valence-corrected chi connectivity index (χ3v) is 12.1. The number of carbonyl (C=O) groups is 1. The Kier molecular flexibility index (Phi) is 38.6. The molecule has 0 bridgehead atoms. The van der Waals surface area contributed by atoms with Gasteiger partial charge < -0.3 is 19.8 Å². The second-order valence-corrected chi connectivity index (χ2v) is 19.3. The van der Waals surface area contributed by atoms with Crippen LogP contribution < -0.4 is 5.32 Å². The lowest BCUT2D eigenvalue weighted by Gasteiger charge is -2.26. The van der Waals surface area contributed by atoms with Gasteiger partial charge in [-0.25, -0.2) is 4.57 Å². The SMILES string of the molecule is CCCCCCCCCCCCCCCCCCCCCCCCCCCCCCCCCCC(O)C(COP(=O)(O)OCC[N+](C)(C)C)NC(=O)CCC. The van der Waals surface area contributed by atoms with Crippen molar-refractivity contribution in [2.75, 3.05) is 40.9 Å². The van der Waals surface area contributed by atoms with E-state index >= 15 is 0 Å². The predicted molar refractivity (Wildman–Crippen MR) is 236 cm³/mol. The van der Waals surface area contributed by atoms with Crippen LogP contribution in [0.3, 0.4) is 0 Å². The summed E-state index contributed by atoms with van der Waals surface area (Å²) < 4.78 is 23.2. The highest BCUT2D eigenvalue weighted by molar-refractivity contribution is 7.47. The van der Waals surface area contributed by atoms with E-state index in [1.165, 1.54) is 186 Å². The fourth-order valence-corrected chi connectivity index (χ4v) is 8.06. The molecule has 330 valence electrons. The van der Waals surface area contributed by atoms with E-state index in [0.717, 1.165) is 19.3 Å². The molecule has 55 heavy (non-hydrogen) atoms. The number of nitrogens with one attached hydrogen (secondary N) is 1. The molecule has 1 amide bonds. The molecular weight excluding hydrogens is 707 g/mol. The number of carbonyl (C=O) groups excluding carboxylic acids is 1. The molecule has 0 aliphatic carbocycles. The first-order valence-electron chi connectivity index (χ1n) is 23.9. The first-order valence-corrected chi connectivity index (χ1v) is 25.4. The fourth-order valence-electron chi connectivity index (χ4n) is 7.33. The zero-order valence-corrected chi connectivity index (χ0v) is 38.3. The first kappa shape index (κ1) is 54.5. The minimum absolute atomic E-state index is 0.0758. The molecule has 0 aromatic carbocycles. The summed E-state index contributed by atoms with van der Waals surface area (Å²) in [6, 6.07) is -0.750. The Balaban J connectivity index is 3.61. The van der Waals surface area contributed by atoms with Crippen molar-refractivity contribution in [2.45, 2.75) is 251 Å². The molecule has 0 aromatic heterocycles. The predicted octanol–water partition coefficient (Wildman–Crippen LogP) is 13.4. The van der Waals surface area contributed by atoms with Crippen LogP contribution in [0.2, 0.25) is 0 Å². The van der Waals surface area contributed by atoms with Gasteiger partial charge in [0.15, 0.2) is 0 Å². The number of quaternary nitrogens is 1. The summed E-state index contributed by atoms with van der Waals surface area (Å²) in [6.45, 7) is 4.56. The smallest absolute Gasteiger partial charge is 0.391 e. The summed E-state index contributed by atoms with van der Waals surface area (Å²) in [6.07, 6.45) is 44.7. The summed E-state index contributed by atoms with van der Waals surface area (Å²) in [5, 5.41) is 13.6. The first-order chi connectivity index (χ1) is 26.5. The molecule has 0 fully saturated rings. The largest absolute Gasteiger partial charge is 0.472 e. The Morgan fingerprint density at radius 3 is 1.18 bits per heavy atom. The highest BCUT2D eigenvalue weighted by Crippen LogP contribution is 2.43. The van der Waals surface area contributed by atoms with Gasteiger partial charge in [-0.3, -0.25) is 13.8 Å². The van der Waals surface area contributed by atoms with Crippen molar-refractivity contribution in [1.82, 2.24) is 5.32 Å². The summed E-state index contributed by atoms with van der Waals surface area (Å²) in [4.78, 5) is 22.3. The van der Waals surface area contributed by atoms with Crippen LogP contribution in [0, 0.1) is 0 Å². The second-order valence-electron chi connectivity index (χ2n) is 17.9. The average molecular weight is 804 g/mol. The number of phosphoric acid groups is 1. The average Bonchev–Trinajstić information content (AvgIpc) is 3.13. The molecule has 0 aliphatic heterocycles. The molecule has 0 heterocycles. The number of aliphatic hydroxyl groups excluding tert-OH is 1. The molecule has 9 heteroatoms. The van der Waals surface area contributed by atoms with Crippen molar-refractivity contribution in [3.05, 3.63) is 0 Å². The van der Waals surface area contributed by atoms with E-state index < -0.39 is 20.0 Å². The van der Waals surface area contributed by atoms with Crippen LogP contribution in [0.15, 0.2) is 0 Å². The minimum Gasteiger partial charge on any atom is -0.391 e. The van der Waals surface area contributed by atoms with E-state index in [9.17, 15) is 19.4 Å². The molecule has 3 N–H and O–H groups in total. The highest BCUT2D eigenvalue weighted by atomic mass is 31.2. The van der Waals surface area contributed by atoms with Crippen molar-refractivity contribution < 1.29 is 32.9 Å². The Labute approximate surface area is 342 Å². The van der Waals surface area contributed by atoms with Crippen LogP contribution in [0.4, 0.5) is 0 Å². The summed E-state index contributed by atoms with van der Waals surface area (Å²) >= 11 is 0. The maximum absolute atomic E-state index is 12.4. The van der Waals surface area contributed by atoms with Crippen molar-refractivity contribution in [3.8, 4) is 0 Å². The fraction of sp³-hybridized carbons (Fsp3) is 0.978. The molecule has 0 rings (SSSR count). The monoisotopic (exact) mass is 804 g/mol. The van der Waals surface area contributed by atoms with E-state index in [0.29, 0.717) is 30.3 Å². The van der Waals surface area contributed by atoms with Gasteiger partial charge in [0.05, 0.1) is 39.9 Å². The Morgan fingerprint density at radius 2 is 0.873 bits per heavy atom. The molecule has 0 aliphatic rings. The normalized spacial score (nSPS) is 14.2. The van der Waals surface area contributed by atoms with Crippen LogP contribution in [-0.2, 0) is 18.4 Å². The molecule has 0 radical (unpaired) electrons. The number of nitrogens with zero attached hydrogens (tertiary/aromatic N) is 1. The minimum atomic E-state index is -4.28. The number of phosphoric ester groups is 1. The third kappa shape index (κ3) is 41.5. The van der Waals surface area contributed by atoms with Crippen molar-refractivity contribution in [1.29, 1.82) is 0 Å². The van der Waals surface area contributed by atoms with E-state index in [2.05, 4.69) is 12.2 Å². The van der Waals surface area contributed by atoms with E-state index in [4.69, 9.17) is 9.05 Å². The number of aliphatic hydroxyl groups is 1. The Morgan fingerprint density at radius 1 is 0.545 bits per heavy atom. The van der Waals surface area contributed by atoms with E-state index in [1.807, 2.05) is 28.1 Å². The number of amides is 1. The summed E-state index contributed by atoms with van der Waals surface area (Å²) in [5.74, 6) is -0.195. The number of hydrogen-bond donors (Lipinski definition) is 3. The Hall–Kier alpha value is -0.500. The van der Waals surface area contributed by atoms with Gasteiger partial charge in [-0.05, 0) is 12.8 Å². The Bertz CT molecular complexity index is 870. The lowest BCUT2D eigenvalue weighted by molar-refractivity contribution is -0.870. The standard InChI is InChI=1S/C46H95N2O6P/c1-6-8-9-10-11-12-13-14-15-16-17-18-19-20-21-22-23-24-25-26-27-28-29-30-31-32-33-34-35-36-37-38-40-45(49)44(47-46(50)39-7-2)43-54-55(51,52)53-42-41-48(3,4)5/h44-45,49H,6-43H2,1-5H3,(H-,47,50,51,52)/p+1. The van der Waals surface area contributed by atoms with Gasteiger partial charge in [-0.15, -0.1) is 0 Å². The van der Waals surface area contributed by atoms with Crippen LogP contribution in [0.5, 0.6) is 0 Å². The van der Waals surface area contributed by atoms with Gasteiger partial charge in [-0.2, -0.15) is 0 Å². The lowest BCUT2D eigenvalue weighted by atomic mass is 10.0. The van der Waals surface area contributed by atoms with Crippen LogP contribution in [0.25, 0.3) is 0 Å². The third-order valence-electron chi connectivity index (χ3n) is 11.1. The number of unbranched alkanes of at least 4 members (excludes halogenated alkanes) is 31. The highest BCUT2D eigenvalue weighted by Gasteiger charge is 2.28. The maximum atomic E-state index is 12.4. The summed E-state index contributed by atoms with van der Waals surface area (Å²) in [5.41, 5.74) is 0. The van der Waals surface area contributed by atoms with Crippen LogP contribution in [0.1, 0.15) is 239 Å². The van der Waals surface area contributed by atoms with Crippen molar-refractivity contribution in [2.24, 2.45) is 0 Å². The number of rotatable bonds is 44. The molecule has 0 spiro atoms. The van der Waals surface area contributed by atoms with Gasteiger partial charge >= 0.3 is 7.82 Å². The molecule has 0 aromatic rings. The number of hydrogen-bond acceptors (Lipinski definition) is 5. The zero-order valence-electron chi connectivity index (χ0n) is 37.4. The molecule has 3 unspecified atom stereocenters. The van der Waals surface area contributed by atoms with Crippen LogP contribution in [-0.4, -0.2) is 73.4 Å². The van der Waals surface area contributed by atoms with Gasteiger partial charge in [0, 0.05) is 6.42 Å². The molecule has 0 saturated heterocycles. The molecular formula is C46H96N2O6P+. The van der Waals surface area contributed by atoms with E-state index in [1.54, 1.807) is 0 Å². The topological polar surface area (TPSA) is 105 Å². The van der Waals surface area contributed by atoms with Gasteiger partial charge in [-0.1, -0.05) is 219 Å². The quantitative estimate of drug-likeness (QED) is 0.0322. The zero-order chi connectivity index (χ0) is 40.7. The van der Waals surface area contributed by atoms with E-state index in [-0.39, 0.29) is 19.1 Å². The lowest BCUT2D eigenvalue weighted by Crippen LogP contribution is -2.46.